The van der Waals surface area contributed by atoms with Gasteiger partial charge >= 0.3 is 0 Å². The molecule has 2 N–H and O–H groups in total. The van der Waals surface area contributed by atoms with Crippen molar-refractivity contribution < 1.29 is 4.79 Å². The second-order valence-corrected chi connectivity index (χ2v) is 6.46. The maximum absolute atomic E-state index is 12.6. The van der Waals surface area contributed by atoms with Crippen LogP contribution in [0.1, 0.15) is 28.4 Å². The van der Waals surface area contributed by atoms with Crippen molar-refractivity contribution >= 4 is 17.7 Å². The smallest absolute Gasteiger partial charge is 0.254 e. The van der Waals surface area contributed by atoms with E-state index in [4.69, 9.17) is 5.73 Å². The predicted molar refractivity (Wildman–Crippen MR) is 84.9 cm³/mol. The van der Waals surface area contributed by atoms with Crippen molar-refractivity contribution in [2.24, 2.45) is 5.73 Å². The first-order valence-electron chi connectivity index (χ1n) is 6.83. The molecule has 1 fully saturated rings. The van der Waals surface area contributed by atoms with Gasteiger partial charge in [-0.25, -0.2) is 0 Å². The summed E-state index contributed by atoms with van der Waals surface area (Å²) in [4.78, 5) is 14.6. The number of carbonyl (C=O) groups is 1. The summed E-state index contributed by atoms with van der Waals surface area (Å²) in [5.41, 5.74) is 8.00. The largest absolute Gasteiger partial charge is 0.337 e. The molecule has 0 aromatic heterocycles. The van der Waals surface area contributed by atoms with Gasteiger partial charge in [0.1, 0.15) is 0 Å². The fourth-order valence-electron chi connectivity index (χ4n) is 2.32. The second-order valence-electron chi connectivity index (χ2n) is 4.92. The summed E-state index contributed by atoms with van der Waals surface area (Å²) < 4.78 is 0. The van der Waals surface area contributed by atoms with Gasteiger partial charge in [0.2, 0.25) is 0 Å². The maximum atomic E-state index is 12.6. The zero-order valence-corrected chi connectivity index (χ0v) is 12.8. The van der Waals surface area contributed by atoms with Crippen LogP contribution < -0.4 is 5.73 Å². The summed E-state index contributed by atoms with van der Waals surface area (Å²) in [5.74, 6) is 7.01. The Bertz CT molecular complexity index is 559. The standard InChI is InChI=1S/C16H20N2OS/c1-12-11-18(9-10-20-12)16(19)15-7-3-5-14(13(15)2)6-4-8-17/h3,5,7,12H,8-11,17H2,1-2H3. The van der Waals surface area contributed by atoms with Crippen LogP contribution in [0.25, 0.3) is 0 Å². The van der Waals surface area contributed by atoms with Crippen LogP contribution in [0.3, 0.4) is 0 Å². The highest BCUT2D eigenvalue weighted by molar-refractivity contribution is 7.99. The van der Waals surface area contributed by atoms with Gasteiger partial charge in [-0.15, -0.1) is 0 Å². The highest BCUT2D eigenvalue weighted by atomic mass is 32.2. The molecule has 0 aliphatic carbocycles. The lowest BCUT2D eigenvalue weighted by atomic mass is 10.0. The average molecular weight is 288 g/mol. The van der Waals surface area contributed by atoms with E-state index < -0.39 is 0 Å². The summed E-state index contributed by atoms with van der Waals surface area (Å²) in [6.45, 7) is 6.10. The number of benzene rings is 1. The molecule has 1 heterocycles. The van der Waals surface area contributed by atoms with Gasteiger partial charge in [0, 0.05) is 35.2 Å². The Morgan fingerprint density at radius 3 is 3.05 bits per heavy atom. The lowest BCUT2D eigenvalue weighted by molar-refractivity contribution is 0.0762. The third-order valence-corrected chi connectivity index (χ3v) is 4.55. The zero-order chi connectivity index (χ0) is 14.5. The van der Waals surface area contributed by atoms with Crippen LogP contribution in [0, 0.1) is 18.8 Å². The van der Waals surface area contributed by atoms with Crippen molar-refractivity contribution in [1.29, 1.82) is 0 Å². The van der Waals surface area contributed by atoms with E-state index >= 15 is 0 Å². The fourth-order valence-corrected chi connectivity index (χ4v) is 3.34. The first kappa shape index (κ1) is 15.0. The predicted octanol–water partition coefficient (Wildman–Crippen LogP) is 1.88. The molecule has 1 saturated heterocycles. The number of nitrogens with two attached hydrogens (primary N) is 1. The molecular formula is C16H20N2OS. The van der Waals surface area contributed by atoms with Crippen molar-refractivity contribution in [3.05, 3.63) is 34.9 Å². The molecule has 3 nitrogen and oxygen atoms in total. The number of rotatable bonds is 1. The first-order chi connectivity index (χ1) is 9.63. The van der Waals surface area contributed by atoms with Crippen molar-refractivity contribution in [2.45, 2.75) is 19.1 Å². The number of amides is 1. The van der Waals surface area contributed by atoms with Gasteiger partial charge in [-0.3, -0.25) is 4.79 Å². The molecule has 1 unspecified atom stereocenters. The molecule has 1 aliphatic heterocycles. The Hall–Kier alpha value is -1.44. The third kappa shape index (κ3) is 3.36. The van der Waals surface area contributed by atoms with Crippen LogP contribution in [0.2, 0.25) is 0 Å². The van der Waals surface area contributed by atoms with E-state index in [1.54, 1.807) is 0 Å². The van der Waals surface area contributed by atoms with E-state index in [1.807, 2.05) is 41.8 Å². The molecule has 2 rings (SSSR count). The minimum absolute atomic E-state index is 0.117. The minimum Gasteiger partial charge on any atom is -0.337 e. The molecule has 0 radical (unpaired) electrons. The topological polar surface area (TPSA) is 46.3 Å². The Kier molecular flexibility index (Phi) is 5.11. The van der Waals surface area contributed by atoms with Gasteiger partial charge < -0.3 is 10.6 Å². The van der Waals surface area contributed by atoms with Gasteiger partial charge in [0.25, 0.3) is 5.91 Å². The molecule has 1 atom stereocenters. The maximum Gasteiger partial charge on any atom is 0.254 e. The molecule has 1 aromatic rings. The molecule has 0 saturated carbocycles. The molecule has 106 valence electrons. The molecule has 0 spiro atoms. The van der Waals surface area contributed by atoms with Gasteiger partial charge in [-0.1, -0.05) is 24.8 Å². The van der Waals surface area contributed by atoms with Crippen LogP contribution >= 0.6 is 11.8 Å². The number of hydrogen-bond acceptors (Lipinski definition) is 3. The van der Waals surface area contributed by atoms with Crippen molar-refractivity contribution in [3.63, 3.8) is 0 Å². The molecule has 0 bridgehead atoms. The van der Waals surface area contributed by atoms with Crippen LogP contribution in [0.4, 0.5) is 0 Å². The second kappa shape index (κ2) is 6.83. The van der Waals surface area contributed by atoms with Crippen molar-refractivity contribution in [2.75, 3.05) is 25.4 Å². The average Bonchev–Trinajstić information content (AvgIpc) is 2.45. The van der Waals surface area contributed by atoms with Gasteiger partial charge in [0.05, 0.1) is 6.54 Å². The lowest BCUT2D eigenvalue weighted by Gasteiger charge is -2.31. The number of thioether (sulfide) groups is 1. The van der Waals surface area contributed by atoms with E-state index in [9.17, 15) is 4.79 Å². The quantitative estimate of drug-likeness (QED) is 0.803. The molecule has 4 heteroatoms. The number of carbonyl (C=O) groups excluding carboxylic acids is 1. The molecule has 20 heavy (non-hydrogen) atoms. The van der Waals surface area contributed by atoms with E-state index in [-0.39, 0.29) is 5.91 Å². The molecule has 1 aromatic carbocycles. The molecule has 1 aliphatic rings. The van der Waals surface area contributed by atoms with Crippen LogP contribution in [-0.2, 0) is 0 Å². The Morgan fingerprint density at radius 2 is 2.35 bits per heavy atom. The van der Waals surface area contributed by atoms with Gasteiger partial charge in [-0.2, -0.15) is 11.8 Å². The summed E-state index contributed by atoms with van der Waals surface area (Å²) >= 11 is 1.92. The summed E-state index contributed by atoms with van der Waals surface area (Å²) in [6.07, 6.45) is 0. The van der Waals surface area contributed by atoms with Gasteiger partial charge in [-0.05, 0) is 24.6 Å². The summed E-state index contributed by atoms with van der Waals surface area (Å²) in [6, 6.07) is 5.71. The third-order valence-electron chi connectivity index (χ3n) is 3.42. The Balaban J connectivity index is 2.26. The normalized spacial score (nSPS) is 18.4. The van der Waals surface area contributed by atoms with E-state index in [2.05, 4.69) is 18.8 Å². The first-order valence-corrected chi connectivity index (χ1v) is 7.87. The minimum atomic E-state index is 0.117. The molecular weight excluding hydrogens is 268 g/mol. The van der Waals surface area contributed by atoms with Crippen molar-refractivity contribution in [1.82, 2.24) is 4.90 Å². The number of nitrogens with zero attached hydrogens (tertiary/aromatic N) is 1. The Labute approximate surface area is 124 Å². The molecule has 1 amide bonds. The Morgan fingerprint density at radius 1 is 1.55 bits per heavy atom. The van der Waals surface area contributed by atoms with Crippen LogP contribution in [0.15, 0.2) is 18.2 Å². The van der Waals surface area contributed by atoms with Crippen molar-refractivity contribution in [3.8, 4) is 11.8 Å². The monoisotopic (exact) mass is 288 g/mol. The van der Waals surface area contributed by atoms with E-state index in [0.29, 0.717) is 11.8 Å². The van der Waals surface area contributed by atoms with E-state index in [0.717, 1.165) is 35.5 Å². The zero-order valence-electron chi connectivity index (χ0n) is 12.0. The number of hydrogen-bond donors (Lipinski definition) is 1. The fraction of sp³-hybridized carbons (Fsp3) is 0.438. The van der Waals surface area contributed by atoms with Gasteiger partial charge in [0.15, 0.2) is 0 Å². The summed E-state index contributed by atoms with van der Waals surface area (Å²) in [5, 5.41) is 0.508. The highest BCUT2D eigenvalue weighted by Crippen LogP contribution is 2.21. The van der Waals surface area contributed by atoms with E-state index in [1.165, 1.54) is 0 Å². The lowest BCUT2D eigenvalue weighted by Crippen LogP contribution is -2.41. The summed E-state index contributed by atoms with van der Waals surface area (Å²) in [7, 11) is 0. The SMILES string of the molecule is Cc1c(C#CCN)cccc1C(=O)N1CCSC(C)C1. The highest BCUT2D eigenvalue weighted by Gasteiger charge is 2.23. The van der Waals surface area contributed by atoms with Crippen LogP contribution in [-0.4, -0.2) is 41.4 Å². The van der Waals surface area contributed by atoms with Crippen LogP contribution in [0.5, 0.6) is 0 Å².